The number of hydrogen-bond donors (Lipinski definition) is 2. The van der Waals surface area contributed by atoms with Crippen molar-refractivity contribution >= 4 is 11.4 Å². The van der Waals surface area contributed by atoms with Gasteiger partial charge in [-0.25, -0.2) is 4.39 Å². The molecule has 0 aliphatic heterocycles. The number of nitrogens with one attached hydrogen (secondary N) is 1. The van der Waals surface area contributed by atoms with Crippen LogP contribution >= 0.6 is 0 Å². The number of nitrogen functional groups attached to an aromatic ring is 1. The molecular formula is C14H21FN2O. The highest BCUT2D eigenvalue weighted by molar-refractivity contribution is 5.53. The van der Waals surface area contributed by atoms with Crippen molar-refractivity contribution in [1.82, 2.24) is 0 Å². The maximum absolute atomic E-state index is 13.7. The smallest absolute Gasteiger partial charge is 0.148 e. The molecule has 0 bridgehead atoms. The van der Waals surface area contributed by atoms with Gasteiger partial charge in [0.1, 0.15) is 5.82 Å². The predicted octanol–water partition coefficient (Wildman–Crippen LogP) is 3.02. The molecule has 1 saturated carbocycles. The van der Waals surface area contributed by atoms with Gasteiger partial charge >= 0.3 is 0 Å². The average molecular weight is 252 g/mol. The molecule has 0 saturated heterocycles. The predicted molar refractivity (Wildman–Crippen MR) is 72.0 cm³/mol. The summed E-state index contributed by atoms with van der Waals surface area (Å²) in [7, 11) is 0. The molecule has 0 amide bonds. The Morgan fingerprint density at radius 1 is 1.50 bits per heavy atom. The summed E-state index contributed by atoms with van der Waals surface area (Å²) in [5.74, 6) is -0.300. The number of ether oxygens (including phenoxy) is 1. The summed E-state index contributed by atoms with van der Waals surface area (Å²) in [6.07, 6.45) is 1.15. The third kappa shape index (κ3) is 2.29. The molecular weight excluding hydrogens is 231 g/mol. The number of nitrogens with two attached hydrogens (primary N) is 1. The molecule has 1 aliphatic carbocycles. The Labute approximate surface area is 108 Å². The van der Waals surface area contributed by atoms with E-state index in [-0.39, 0.29) is 23.4 Å². The van der Waals surface area contributed by atoms with Crippen molar-refractivity contribution in [2.24, 2.45) is 5.41 Å². The lowest BCUT2D eigenvalue weighted by atomic mass is 9.64. The molecule has 1 fully saturated rings. The van der Waals surface area contributed by atoms with Gasteiger partial charge in [-0.05, 0) is 31.5 Å². The van der Waals surface area contributed by atoms with Crippen molar-refractivity contribution in [2.45, 2.75) is 39.3 Å². The first-order valence-corrected chi connectivity index (χ1v) is 6.38. The third-order valence-corrected chi connectivity index (χ3v) is 3.87. The Kier molecular flexibility index (Phi) is 3.48. The third-order valence-electron chi connectivity index (χ3n) is 3.87. The summed E-state index contributed by atoms with van der Waals surface area (Å²) in [4.78, 5) is 0. The van der Waals surface area contributed by atoms with Crippen LogP contribution in [0.5, 0.6) is 0 Å². The Hall–Kier alpha value is -1.29. The first-order valence-electron chi connectivity index (χ1n) is 6.38. The highest BCUT2D eigenvalue weighted by atomic mass is 19.1. The fraction of sp³-hybridized carbons (Fsp3) is 0.571. The lowest BCUT2D eigenvalue weighted by Crippen LogP contribution is -2.58. The number of hydrogen-bond acceptors (Lipinski definition) is 3. The van der Waals surface area contributed by atoms with Crippen molar-refractivity contribution in [1.29, 1.82) is 0 Å². The van der Waals surface area contributed by atoms with Gasteiger partial charge in [-0.3, -0.25) is 0 Å². The molecule has 1 aliphatic rings. The van der Waals surface area contributed by atoms with Crippen LogP contribution in [0, 0.1) is 11.2 Å². The molecule has 3 N–H and O–H groups in total. The molecule has 1 aromatic rings. The Morgan fingerprint density at radius 3 is 2.78 bits per heavy atom. The van der Waals surface area contributed by atoms with E-state index in [4.69, 9.17) is 10.5 Å². The van der Waals surface area contributed by atoms with Crippen molar-refractivity contribution in [2.75, 3.05) is 17.7 Å². The number of anilines is 2. The molecule has 0 heterocycles. The number of benzene rings is 1. The minimum absolute atomic E-state index is 0.0177. The Morgan fingerprint density at radius 2 is 2.22 bits per heavy atom. The van der Waals surface area contributed by atoms with Gasteiger partial charge in [0.15, 0.2) is 0 Å². The van der Waals surface area contributed by atoms with E-state index in [0.717, 1.165) is 13.0 Å². The molecule has 1 aromatic carbocycles. The van der Waals surface area contributed by atoms with Gasteiger partial charge in [-0.2, -0.15) is 0 Å². The van der Waals surface area contributed by atoms with E-state index in [1.165, 1.54) is 6.07 Å². The molecule has 2 atom stereocenters. The first kappa shape index (κ1) is 13.1. The zero-order valence-electron chi connectivity index (χ0n) is 11.2. The zero-order chi connectivity index (χ0) is 13.3. The van der Waals surface area contributed by atoms with E-state index in [0.29, 0.717) is 11.4 Å². The van der Waals surface area contributed by atoms with E-state index in [9.17, 15) is 4.39 Å². The SMILES string of the molecule is CCOC1CC(Nc2ccc(N)cc2F)C1(C)C. The fourth-order valence-electron chi connectivity index (χ4n) is 2.45. The van der Waals surface area contributed by atoms with Gasteiger partial charge in [0.25, 0.3) is 0 Å². The lowest BCUT2D eigenvalue weighted by Gasteiger charge is -2.52. The average Bonchev–Trinajstić information content (AvgIpc) is 2.30. The van der Waals surface area contributed by atoms with Crippen molar-refractivity contribution in [3.63, 3.8) is 0 Å². The van der Waals surface area contributed by atoms with Crippen LogP contribution in [-0.4, -0.2) is 18.8 Å². The second-order valence-corrected chi connectivity index (χ2v) is 5.44. The topological polar surface area (TPSA) is 47.3 Å². The molecule has 4 heteroatoms. The summed E-state index contributed by atoms with van der Waals surface area (Å²) in [6, 6.07) is 4.96. The first-order chi connectivity index (χ1) is 8.45. The molecule has 18 heavy (non-hydrogen) atoms. The van der Waals surface area contributed by atoms with Crippen LogP contribution in [-0.2, 0) is 4.74 Å². The van der Waals surface area contributed by atoms with Crippen LogP contribution in [0.1, 0.15) is 27.2 Å². The van der Waals surface area contributed by atoms with E-state index in [1.54, 1.807) is 12.1 Å². The summed E-state index contributed by atoms with van der Waals surface area (Å²) in [6.45, 7) is 7.00. The van der Waals surface area contributed by atoms with Gasteiger partial charge in [0.2, 0.25) is 0 Å². The van der Waals surface area contributed by atoms with Gasteiger partial charge in [-0.15, -0.1) is 0 Å². The number of rotatable bonds is 4. The summed E-state index contributed by atoms with van der Waals surface area (Å²) >= 11 is 0. The van der Waals surface area contributed by atoms with Crippen LogP contribution in [0.15, 0.2) is 18.2 Å². The zero-order valence-corrected chi connectivity index (χ0v) is 11.2. The monoisotopic (exact) mass is 252 g/mol. The Balaban J connectivity index is 2.03. The van der Waals surface area contributed by atoms with E-state index in [2.05, 4.69) is 19.2 Å². The summed E-state index contributed by atoms with van der Waals surface area (Å²) in [5, 5.41) is 3.24. The van der Waals surface area contributed by atoms with E-state index >= 15 is 0 Å². The van der Waals surface area contributed by atoms with E-state index < -0.39 is 0 Å². The molecule has 2 unspecified atom stereocenters. The molecule has 3 nitrogen and oxygen atoms in total. The normalized spacial score (nSPS) is 25.6. The minimum atomic E-state index is -0.300. The second kappa shape index (κ2) is 4.76. The van der Waals surface area contributed by atoms with Crippen LogP contribution in [0.25, 0.3) is 0 Å². The van der Waals surface area contributed by atoms with Crippen molar-refractivity contribution in [3.05, 3.63) is 24.0 Å². The van der Waals surface area contributed by atoms with Crippen LogP contribution in [0.2, 0.25) is 0 Å². The Bertz CT molecular complexity index is 434. The minimum Gasteiger partial charge on any atom is -0.399 e. The maximum Gasteiger partial charge on any atom is 0.148 e. The highest BCUT2D eigenvalue weighted by Crippen LogP contribution is 2.44. The van der Waals surface area contributed by atoms with Gasteiger partial charge in [-0.1, -0.05) is 13.8 Å². The summed E-state index contributed by atoms with van der Waals surface area (Å²) in [5.41, 5.74) is 6.50. The summed E-state index contributed by atoms with van der Waals surface area (Å²) < 4.78 is 19.4. The lowest BCUT2D eigenvalue weighted by molar-refractivity contribution is -0.0976. The molecule has 0 aromatic heterocycles. The number of halogens is 1. The van der Waals surface area contributed by atoms with Crippen LogP contribution < -0.4 is 11.1 Å². The van der Waals surface area contributed by atoms with Crippen LogP contribution in [0.4, 0.5) is 15.8 Å². The van der Waals surface area contributed by atoms with Crippen molar-refractivity contribution < 1.29 is 9.13 Å². The van der Waals surface area contributed by atoms with Crippen LogP contribution in [0.3, 0.4) is 0 Å². The van der Waals surface area contributed by atoms with Gasteiger partial charge in [0.05, 0.1) is 11.8 Å². The standard InChI is InChI=1S/C14H21FN2O/c1-4-18-13-8-12(14(13,2)3)17-11-6-5-9(16)7-10(11)15/h5-7,12-13,17H,4,8,16H2,1-3H3. The molecule has 100 valence electrons. The second-order valence-electron chi connectivity index (χ2n) is 5.44. The van der Waals surface area contributed by atoms with E-state index in [1.807, 2.05) is 6.92 Å². The molecule has 2 rings (SSSR count). The maximum atomic E-state index is 13.7. The molecule has 0 radical (unpaired) electrons. The highest BCUT2D eigenvalue weighted by Gasteiger charge is 2.49. The quantitative estimate of drug-likeness (QED) is 0.810. The fourth-order valence-corrected chi connectivity index (χ4v) is 2.45. The van der Waals surface area contributed by atoms with Gasteiger partial charge in [0, 0.05) is 23.8 Å². The largest absolute Gasteiger partial charge is 0.399 e. The van der Waals surface area contributed by atoms with Gasteiger partial charge < -0.3 is 15.8 Å². The molecule has 0 spiro atoms. The van der Waals surface area contributed by atoms with Crippen molar-refractivity contribution in [3.8, 4) is 0 Å².